The Morgan fingerprint density at radius 1 is 1.12 bits per heavy atom. The van der Waals surface area contributed by atoms with E-state index in [-0.39, 0.29) is 0 Å². The van der Waals surface area contributed by atoms with Crippen molar-refractivity contribution in [1.82, 2.24) is 0 Å². The number of benzene rings is 2. The van der Waals surface area contributed by atoms with Crippen LogP contribution >= 0.6 is 38.5 Å². The number of carbonyl (C=O) groups excluding carboxylic acids is 1. The van der Waals surface area contributed by atoms with Gasteiger partial charge in [0.05, 0.1) is 9.13 Å². The summed E-state index contributed by atoms with van der Waals surface area (Å²) in [5, 5.41) is 0. The van der Waals surface area contributed by atoms with Gasteiger partial charge in [-0.25, -0.2) is 0 Å². The lowest BCUT2D eigenvalue weighted by atomic mass is 10.2. The summed E-state index contributed by atoms with van der Waals surface area (Å²) in [4.78, 5) is 10.9. The normalized spacial score (nSPS) is 10.0. The Bertz CT molecular complexity index is 555. The molecule has 0 heterocycles. The van der Waals surface area contributed by atoms with Crippen molar-refractivity contribution >= 4 is 44.8 Å². The second-order valence-corrected chi connectivity index (χ2v) is 5.41. The fourth-order valence-corrected chi connectivity index (χ4v) is 2.18. The van der Waals surface area contributed by atoms with Crippen LogP contribution in [0.3, 0.4) is 0 Å². The molecule has 17 heavy (non-hydrogen) atoms. The first-order chi connectivity index (χ1) is 8.20. The highest BCUT2D eigenvalue weighted by molar-refractivity contribution is 14.1. The van der Waals surface area contributed by atoms with Crippen molar-refractivity contribution in [1.29, 1.82) is 0 Å². The Labute approximate surface area is 121 Å². The molecule has 86 valence electrons. The molecule has 0 fully saturated rings. The summed E-state index contributed by atoms with van der Waals surface area (Å²) in [6, 6.07) is 13.0. The van der Waals surface area contributed by atoms with Crippen LogP contribution in [-0.4, -0.2) is 6.29 Å². The predicted molar refractivity (Wildman–Crippen MR) is 78.8 cm³/mol. The molecule has 0 saturated carbocycles. The zero-order valence-corrected chi connectivity index (χ0v) is 12.4. The van der Waals surface area contributed by atoms with Gasteiger partial charge in [0.2, 0.25) is 0 Å². The van der Waals surface area contributed by atoms with Gasteiger partial charge < -0.3 is 4.74 Å². The van der Waals surface area contributed by atoms with Crippen LogP contribution in [0.5, 0.6) is 11.5 Å². The van der Waals surface area contributed by atoms with Gasteiger partial charge in [-0.05, 0) is 52.9 Å². The van der Waals surface area contributed by atoms with Crippen LogP contribution in [0, 0.1) is 3.57 Å². The van der Waals surface area contributed by atoms with Crippen LogP contribution in [-0.2, 0) is 0 Å². The van der Waals surface area contributed by atoms with E-state index < -0.39 is 0 Å². The van der Waals surface area contributed by atoms with E-state index in [1.807, 2.05) is 30.3 Å². The standard InChI is InChI=1S/C13H8BrIO2/c14-10-6-5-9(8-16)13(7-10)17-12-4-2-1-3-11(12)15/h1-8H. The summed E-state index contributed by atoms with van der Waals surface area (Å²) < 4.78 is 7.62. The topological polar surface area (TPSA) is 26.3 Å². The number of ether oxygens (including phenoxy) is 1. The minimum atomic E-state index is 0.535. The molecule has 0 aromatic heterocycles. The van der Waals surface area contributed by atoms with Gasteiger partial charge in [0, 0.05) is 4.47 Å². The third-order valence-electron chi connectivity index (χ3n) is 2.16. The van der Waals surface area contributed by atoms with E-state index in [1.165, 1.54) is 0 Å². The molecule has 0 radical (unpaired) electrons. The molecule has 0 unspecified atom stereocenters. The summed E-state index contributed by atoms with van der Waals surface area (Å²) in [7, 11) is 0. The fraction of sp³-hybridized carbons (Fsp3) is 0. The van der Waals surface area contributed by atoms with E-state index in [2.05, 4.69) is 38.5 Å². The minimum absolute atomic E-state index is 0.535. The van der Waals surface area contributed by atoms with E-state index in [0.717, 1.165) is 20.1 Å². The molecule has 2 nitrogen and oxygen atoms in total. The molecular weight excluding hydrogens is 395 g/mol. The van der Waals surface area contributed by atoms with Gasteiger partial charge in [-0.15, -0.1) is 0 Å². The van der Waals surface area contributed by atoms with Gasteiger partial charge in [-0.2, -0.15) is 0 Å². The van der Waals surface area contributed by atoms with E-state index >= 15 is 0 Å². The number of rotatable bonds is 3. The summed E-state index contributed by atoms with van der Waals surface area (Å²) >= 11 is 5.55. The van der Waals surface area contributed by atoms with Gasteiger partial charge in [-0.3, -0.25) is 4.79 Å². The number of carbonyl (C=O) groups is 1. The Hall–Kier alpha value is -0.880. The lowest BCUT2D eigenvalue weighted by Crippen LogP contribution is -1.92. The molecule has 2 rings (SSSR count). The lowest BCUT2D eigenvalue weighted by Gasteiger charge is -2.09. The van der Waals surface area contributed by atoms with Crippen molar-refractivity contribution in [2.45, 2.75) is 0 Å². The molecule has 0 aliphatic rings. The van der Waals surface area contributed by atoms with Gasteiger partial charge in [-0.1, -0.05) is 28.1 Å². The molecular formula is C13H8BrIO2. The van der Waals surface area contributed by atoms with Crippen LogP contribution < -0.4 is 4.74 Å². The average molecular weight is 403 g/mol. The summed E-state index contributed by atoms with van der Waals surface area (Å²) in [6.45, 7) is 0. The fourth-order valence-electron chi connectivity index (χ4n) is 1.34. The van der Waals surface area contributed by atoms with Crippen molar-refractivity contribution in [3.05, 3.63) is 56.1 Å². The largest absolute Gasteiger partial charge is 0.455 e. The Morgan fingerprint density at radius 2 is 1.88 bits per heavy atom. The minimum Gasteiger partial charge on any atom is -0.455 e. The molecule has 2 aromatic carbocycles. The predicted octanol–water partition coefficient (Wildman–Crippen LogP) is 4.66. The van der Waals surface area contributed by atoms with Crippen molar-refractivity contribution in [2.24, 2.45) is 0 Å². The van der Waals surface area contributed by atoms with E-state index in [0.29, 0.717) is 11.3 Å². The smallest absolute Gasteiger partial charge is 0.153 e. The van der Waals surface area contributed by atoms with Gasteiger partial charge in [0.25, 0.3) is 0 Å². The van der Waals surface area contributed by atoms with Crippen molar-refractivity contribution in [3.8, 4) is 11.5 Å². The molecule has 0 saturated heterocycles. The second-order valence-electron chi connectivity index (χ2n) is 3.33. The molecule has 0 atom stereocenters. The quantitative estimate of drug-likeness (QED) is 0.551. The SMILES string of the molecule is O=Cc1ccc(Br)cc1Oc1ccccc1I. The molecule has 0 aliphatic heterocycles. The molecule has 0 N–H and O–H groups in total. The third-order valence-corrected chi connectivity index (χ3v) is 3.54. The Morgan fingerprint density at radius 3 is 2.59 bits per heavy atom. The molecule has 2 aromatic rings. The summed E-state index contributed by atoms with van der Waals surface area (Å²) in [6.07, 6.45) is 0.789. The van der Waals surface area contributed by atoms with Gasteiger partial charge in [0.1, 0.15) is 11.5 Å². The molecule has 4 heteroatoms. The third kappa shape index (κ3) is 3.07. The Kier molecular flexibility index (Phi) is 4.17. The molecule has 0 amide bonds. The van der Waals surface area contributed by atoms with E-state index in [1.54, 1.807) is 12.1 Å². The van der Waals surface area contributed by atoms with Crippen LogP contribution in [0.4, 0.5) is 0 Å². The van der Waals surface area contributed by atoms with Crippen LogP contribution in [0.25, 0.3) is 0 Å². The first-order valence-electron chi connectivity index (χ1n) is 4.88. The van der Waals surface area contributed by atoms with E-state index in [4.69, 9.17) is 4.74 Å². The average Bonchev–Trinajstić information content (AvgIpc) is 2.32. The highest BCUT2D eigenvalue weighted by Gasteiger charge is 2.07. The van der Waals surface area contributed by atoms with Crippen molar-refractivity contribution in [2.75, 3.05) is 0 Å². The first kappa shape index (κ1) is 12.6. The van der Waals surface area contributed by atoms with Crippen LogP contribution in [0.15, 0.2) is 46.9 Å². The lowest BCUT2D eigenvalue weighted by molar-refractivity contribution is 0.112. The number of hydrogen-bond donors (Lipinski definition) is 0. The maximum atomic E-state index is 10.9. The van der Waals surface area contributed by atoms with Crippen molar-refractivity contribution < 1.29 is 9.53 Å². The number of para-hydroxylation sites is 1. The van der Waals surface area contributed by atoms with Gasteiger partial charge in [0.15, 0.2) is 6.29 Å². The summed E-state index contributed by atoms with van der Waals surface area (Å²) in [5.41, 5.74) is 0.535. The van der Waals surface area contributed by atoms with Crippen LogP contribution in [0.1, 0.15) is 10.4 Å². The number of aldehydes is 1. The number of hydrogen-bond acceptors (Lipinski definition) is 2. The molecule has 0 aliphatic carbocycles. The highest BCUT2D eigenvalue weighted by atomic mass is 127. The molecule has 0 bridgehead atoms. The van der Waals surface area contributed by atoms with Crippen molar-refractivity contribution in [3.63, 3.8) is 0 Å². The maximum absolute atomic E-state index is 10.9. The van der Waals surface area contributed by atoms with E-state index in [9.17, 15) is 4.79 Å². The monoisotopic (exact) mass is 402 g/mol. The highest BCUT2D eigenvalue weighted by Crippen LogP contribution is 2.30. The number of halogens is 2. The Balaban J connectivity index is 2.39. The van der Waals surface area contributed by atoms with Crippen LogP contribution in [0.2, 0.25) is 0 Å². The maximum Gasteiger partial charge on any atom is 0.153 e. The molecule has 0 spiro atoms. The zero-order chi connectivity index (χ0) is 12.3. The summed E-state index contributed by atoms with van der Waals surface area (Å²) in [5.74, 6) is 1.30. The first-order valence-corrected chi connectivity index (χ1v) is 6.75. The van der Waals surface area contributed by atoms with Gasteiger partial charge >= 0.3 is 0 Å². The second kappa shape index (κ2) is 5.64. The zero-order valence-electron chi connectivity index (χ0n) is 8.69.